The van der Waals surface area contributed by atoms with E-state index < -0.39 is 22.5 Å². The van der Waals surface area contributed by atoms with Crippen molar-refractivity contribution in [1.82, 2.24) is 5.32 Å². The van der Waals surface area contributed by atoms with Gasteiger partial charge >= 0.3 is 0 Å². The van der Waals surface area contributed by atoms with E-state index in [0.29, 0.717) is 5.75 Å². The molecule has 2 aromatic rings. The molecule has 6 nitrogen and oxygen atoms in total. The van der Waals surface area contributed by atoms with Gasteiger partial charge in [0.2, 0.25) is 15.9 Å². The van der Waals surface area contributed by atoms with Gasteiger partial charge in [0.05, 0.1) is 33.1 Å². The number of hydrogen-bond donors (Lipinski definition) is 1. The van der Waals surface area contributed by atoms with Crippen LogP contribution in [0.15, 0.2) is 36.4 Å². The molecule has 0 saturated carbocycles. The number of benzene rings is 2. The van der Waals surface area contributed by atoms with Crippen molar-refractivity contribution in [3.63, 3.8) is 0 Å². The van der Waals surface area contributed by atoms with Crippen LogP contribution < -0.4 is 14.4 Å². The second kappa shape index (κ2) is 9.89. The van der Waals surface area contributed by atoms with E-state index in [4.69, 9.17) is 39.5 Å². The molecule has 0 fully saturated rings. The fraction of sp³-hybridized carbons (Fsp3) is 0.316. The van der Waals surface area contributed by atoms with Crippen LogP contribution in [0.2, 0.25) is 15.1 Å². The van der Waals surface area contributed by atoms with Crippen LogP contribution in [0.1, 0.15) is 12.5 Å². The van der Waals surface area contributed by atoms with Crippen molar-refractivity contribution in [3.05, 3.63) is 57.0 Å². The third-order valence-electron chi connectivity index (χ3n) is 3.94. The Balaban J connectivity index is 2.07. The second-order valence-corrected chi connectivity index (χ2v) is 9.66. The molecule has 1 N–H and O–H groups in total. The first kappa shape index (κ1) is 23.6. The Morgan fingerprint density at radius 2 is 1.76 bits per heavy atom. The molecule has 0 aliphatic carbocycles. The lowest BCUT2D eigenvalue weighted by Crippen LogP contribution is -2.45. The van der Waals surface area contributed by atoms with Gasteiger partial charge in [-0.3, -0.25) is 9.10 Å². The zero-order valence-corrected chi connectivity index (χ0v) is 19.2. The van der Waals surface area contributed by atoms with E-state index >= 15 is 0 Å². The zero-order valence-electron chi connectivity index (χ0n) is 16.1. The molecule has 2 aromatic carbocycles. The summed E-state index contributed by atoms with van der Waals surface area (Å²) < 4.78 is 31.1. The highest BCUT2D eigenvalue weighted by Gasteiger charge is 2.24. The van der Waals surface area contributed by atoms with Crippen molar-refractivity contribution in [1.29, 1.82) is 0 Å². The van der Waals surface area contributed by atoms with Crippen LogP contribution in [-0.4, -0.2) is 39.8 Å². The van der Waals surface area contributed by atoms with E-state index in [9.17, 15) is 13.2 Å². The van der Waals surface area contributed by atoms with E-state index in [2.05, 4.69) is 5.32 Å². The molecule has 0 saturated heterocycles. The number of rotatable bonds is 8. The molecule has 2 rings (SSSR count). The largest absolute Gasteiger partial charge is 0.491 e. The minimum Gasteiger partial charge on any atom is -0.491 e. The first-order valence-electron chi connectivity index (χ1n) is 8.59. The fourth-order valence-corrected chi connectivity index (χ4v) is 4.06. The first-order valence-corrected chi connectivity index (χ1v) is 11.6. The normalized spacial score (nSPS) is 12.3. The number of ether oxygens (including phenoxy) is 1. The lowest BCUT2D eigenvalue weighted by molar-refractivity contribution is -0.120. The lowest BCUT2D eigenvalue weighted by Gasteiger charge is -2.24. The van der Waals surface area contributed by atoms with E-state index in [0.717, 1.165) is 16.1 Å². The molecular weight excluding hydrogens is 459 g/mol. The van der Waals surface area contributed by atoms with Crippen LogP contribution in [0.5, 0.6) is 5.75 Å². The second-order valence-electron chi connectivity index (χ2n) is 6.53. The Hall–Kier alpha value is -1.67. The van der Waals surface area contributed by atoms with Crippen molar-refractivity contribution in [3.8, 4) is 5.75 Å². The number of carbonyl (C=O) groups is 1. The van der Waals surface area contributed by atoms with Crippen molar-refractivity contribution < 1.29 is 17.9 Å². The Bertz CT molecular complexity index is 999. The van der Waals surface area contributed by atoms with Crippen molar-refractivity contribution >= 4 is 56.4 Å². The van der Waals surface area contributed by atoms with E-state index in [1.165, 1.54) is 12.1 Å². The summed E-state index contributed by atoms with van der Waals surface area (Å²) >= 11 is 18.0. The van der Waals surface area contributed by atoms with Gasteiger partial charge in [-0.2, -0.15) is 0 Å². The predicted molar refractivity (Wildman–Crippen MR) is 118 cm³/mol. The van der Waals surface area contributed by atoms with E-state index in [1.807, 2.05) is 31.2 Å². The van der Waals surface area contributed by atoms with Gasteiger partial charge in [-0.05, 0) is 37.6 Å². The van der Waals surface area contributed by atoms with Gasteiger partial charge in [0.1, 0.15) is 18.9 Å². The van der Waals surface area contributed by atoms with Crippen LogP contribution >= 0.6 is 34.8 Å². The number of aryl methyl sites for hydroxylation is 1. The zero-order chi connectivity index (χ0) is 21.8. The molecule has 0 spiro atoms. The SMILES string of the molecule is Cc1ccccc1OCC(C)NC(=O)CN(c1cc(Cl)c(Cl)cc1Cl)S(C)(=O)=O. The van der Waals surface area contributed by atoms with Crippen LogP contribution in [0.25, 0.3) is 0 Å². The number of nitrogens with zero attached hydrogens (tertiary/aromatic N) is 1. The number of para-hydroxylation sites is 1. The average Bonchev–Trinajstić information content (AvgIpc) is 2.61. The number of hydrogen-bond acceptors (Lipinski definition) is 4. The summed E-state index contributed by atoms with van der Waals surface area (Å²) in [6, 6.07) is 9.80. The Morgan fingerprint density at radius 3 is 2.38 bits per heavy atom. The maximum absolute atomic E-state index is 12.5. The molecule has 0 aromatic heterocycles. The van der Waals surface area contributed by atoms with Gasteiger partial charge in [0.15, 0.2) is 0 Å². The summed E-state index contributed by atoms with van der Waals surface area (Å²) in [5.41, 5.74) is 1.05. The highest BCUT2D eigenvalue weighted by atomic mass is 35.5. The quantitative estimate of drug-likeness (QED) is 0.573. The summed E-state index contributed by atoms with van der Waals surface area (Å²) in [5.74, 6) is 0.201. The van der Waals surface area contributed by atoms with Gasteiger partial charge in [0.25, 0.3) is 0 Å². The van der Waals surface area contributed by atoms with Crippen molar-refractivity contribution in [2.24, 2.45) is 0 Å². The molecule has 1 unspecified atom stereocenters. The van der Waals surface area contributed by atoms with Crippen LogP contribution in [0.3, 0.4) is 0 Å². The number of anilines is 1. The van der Waals surface area contributed by atoms with Gasteiger partial charge in [-0.1, -0.05) is 53.0 Å². The third kappa shape index (κ3) is 6.67. The summed E-state index contributed by atoms with van der Waals surface area (Å²) in [6.07, 6.45) is 0.976. The molecule has 0 aliphatic heterocycles. The standard InChI is InChI=1S/C19H21Cl3N2O4S/c1-12-6-4-5-7-18(12)28-11-13(2)23-19(25)10-24(29(3,26)27)17-9-15(21)14(20)8-16(17)22/h4-9,13H,10-11H2,1-3H3,(H,23,25). The van der Waals surface area contributed by atoms with Crippen LogP contribution in [0, 0.1) is 6.92 Å². The van der Waals surface area contributed by atoms with E-state index in [-0.39, 0.29) is 33.4 Å². The highest BCUT2D eigenvalue weighted by Crippen LogP contribution is 2.35. The van der Waals surface area contributed by atoms with Crippen LogP contribution in [-0.2, 0) is 14.8 Å². The summed E-state index contributed by atoms with van der Waals surface area (Å²) in [5, 5.41) is 3.08. The number of sulfonamides is 1. The molecule has 0 heterocycles. The van der Waals surface area contributed by atoms with Crippen LogP contribution in [0.4, 0.5) is 5.69 Å². The molecule has 1 atom stereocenters. The number of halogens is 3. The molecular formula is C19H21Cl3N2O4S. The molecule has 0 radical (unpaired) electrons. The Labute approximate surface area is 185 Å². The van der Waals surface area contributed by atoms with E-state index in [1.54, 1.807) is 6.92 Å². The smallest absolute Gasteiger partial charge is 0.241 e. The molecule has 0 aliphatic rings. The van der Waals surface area contributed by atoms with Gasteiger partial charge in [-0.25, -0.2) is 8.42 Å². The molecule has 29 heavy (non-hydrogen) atoms. The topological polar surface area (TPSA) is 75.7 Å². The number of nitrogens with one attached hydrogen (secondary N) is 1. The van der Waals surface area contributed by atoms with Crippen molar-refractivity contribution in [2.45, 2.75) is 19.9 Å². The molecule has 0 bridgehead atoms. The van der Waals surface area contributed by atoms with Gasteiger partial charge in [-0.15, -0.1) is 0 Å². The molecule has 10 heteroatoms. The number of amides is 1. The minimum absolute atomic E-state index is 0.0635. The van der Waals surface area contributed by atoms with Crippen molar-refractivity contribution in [2.75, 3.05) is 23.7 Å². The first-order chi connectivity index (χ1) is 13.5. The summed E-state index contributed by atoms with van der Waals surface area (Å²) in [6.45, 7) is 3.44. The maximum Gasteiger partial charge on any atom is 0.241 e. The maximum atomic E-state index is 12.5. The number of carbonyl (C=O) groups excluding carboxylic acids is 1. The van der Waals surface area contributed by atoms with Gasteiger partial charge < -0.3 is 10.1 Å². The predicted octanol–water partition coefficient (Wildman–Crippen LogP) is 4.30. The highest BCUT2D eigenvalue weighted by molar-refractivity contribution is 7.92. The Morgan fingerprint density at radius 1 is 1.14 bits per heavy atom. The average molecular weight is 480 g/mol. The molecule has 1 amide bonds. The Kier molecular flexibility index (Phi) is 8.05. The monoisotopic (exact) mass is 478 g/mol. The third-order valence-corrected chi connectivity index (χ3v) is 6.09. The fourth-order valence-electron chi connectivity index (χ4n) is 2.51. The summed E-state index contributed by atoms with van der Waals surface area (Å²) in [7, 11) is -3.81. The van der Waals surface area contributed by atoms with Gasteiger partial charge in [0, 0.05) is 0 Å². The molecule has 158 valence electrons. The minimum atomic E-state index is -3.81. The lowest BCUT2D eigenvalue weighted by atomic mass is 10.2. The summed E-state index contributed by atoms with van der Waals surface area (Å²) in [4.78, 5) is 12.5.